The minimum absolute atomic E-state index is 0.00424. The summed E-state index contributed by atoms with van der Waals surface area (Å²) in [6.45, 7) is 9.44. The Bertz CT molecular complexity index is 600. The molecule has 0 aromatic heterocycles. The van der Waals surface area contributed by atoms with E-state index < -0.39 is 34.8 Å². The van der Waals surface area contributed by atoms with E-state index in [1.54, 1.807) is 0 Å². The van der Waals surface area contributed by atoms with Crippen molar-refractivity contribution in [3.8, 4) is 0 Å². The zero-order valence-electron chi connectivity index (χ0n) is 15.7. The van der Waals surface area contributed by atoms with Crippen LogP contribution < -0.4 is 5.73 Å². The van der Waals surface area contributed by atoms with E-state index in [2.05, 4.69) is 0 Å². The van der Waals surface area contributed by atoms with Gasteiger partial charge in [-0.3, -0.25) is 9.59 Å². The number of hydrogen-bond donors (Lipinski definition) is 1. The Balaban J connectivity index is 3.04. The molecule has 1 rings (SSSR count). The van der Waals surface area contributed by atoms with Gasteiger partial charge in [-0.05, 0) is 42.9 Å². The van der Waals surface area contributed by atoms with Gasteiger partial charge < -0.3 is 5.73 Å². The fraction of sp³-hybridized carbons (Fsp3) is 0.600. The number of carbonyl (C=O) groups is 2. The summed E-state index contributed by atoms with van der Waals surface area (Å²) in [6.07, 6.45) is 1.13. The molecule has 2 N–H and O–H groups in total. The van der Waals surface area contributed by atoms with Gasteiger partial charge in [0.1, 0.15) is 17.4 Å². The quantitative estimate of drug-likeness (QED) is 0.758. The van der Waals surface area contributed by atoms with Crippen LogP contribution in [0.15, 0.2) is 18.2 Å². The van der Waals surface area contributed by atoms with Crippen LogP contribution in [0.3, 0.4) is 0 Å². The predicted molar refractivity (Wildman–Crippen MR) is 94.8 cm³/mol. The highest BCUT2D eigenvalue weighted by molar-refractivity contribution is 5.91. The second kappa shape index (κ2) is 8.54. The highest BCUT2D eigenvalue weighted by Crippen LogP contribution is 2.32. The molecule has 0 saturated heterocycles. The van der Waals surface area contributed by atoms with Crippen LogP contribution in [0, 0.1) is 34.8 Å². The lowest BCUT2D eigenvalue weighted by Crippen LogP contribution is -2.40. The summed E-state index contributed by atoms with van der Waals surface area (Å²) in [5.74, 6) is -2.78. The maximum atomic E-state index is 13.3. The van der Waals surface area contributed by atoms with Crippen LogP contribution in [0.2, 0.25) is 0 Å². The van der Waals surface area contributed by atoms with Crippen LogP contribution in [-0.2, 0) is 16.0 Å². The van der Waals surface area contributed by atoms with E-state index >= 15 is 0 Å². The molecule has 0 bridgehead atoms. The zero-order valence-corrected chi connectivity index (χ0v) is 15.7. The van der Waals surface area contributed by atoms with E-state index in [9.17, 15) is 18.4 Å². The molecule has 0 unspecified atom stereocenters. The number of halogens is 2. The number of amides is 1. The number of rotatable bonds is 8. The van der Waals surface area contributed by atoms with Crippen molar-refractivity contribution in [2.75, 3.05) is 0 Å². The normalized spacial score (nSPS) is 14.4. The molecule has 0 aliphatic heterocycles. The summed E-state index contributed by atoms with van der Waals surface area (Å²) in [4.78, 5) is 24.9. The first-order valence-electron chi connectivity index (χ1n) is 8.70. The van der Waals surface area contributed by atoms with Gasteiger partial charge in [-0.1, -0.05) is 34.6 Å². The van der Waals surface area contributed by atoms with Crippen molar-refractivity contribution >= 4 is 11.7 Å². The third kappa shape index (κ3) is 6.56. The maximum absolute atomic E-state index is 13.3. The molecule has 0 heterocycles. The van der Waals surface area contributed by atoms with Crippen molar-refractivity contribution < 1.29 is 18.4 Å². The third-order valence-electron chi connectivity index (χ3n) is 4.32. The van der Waals surface area contributed by atoms with E-state index in [4.69, 9.17) is 5.73 Å². The molecule has 140 valence electrons. The molecule has 3 nitrogen and oxygen atoms in total. The van der Waals surface area contributed by atoms with Crippen molar-refractivity contribution in [3.63, 3.8) is 0 Å². The number of aryl methyl sites for hydroxylation is 1. The molecule has 0 aliphatic carbocycles. The fourth-order valence-electron chi connectivity index (χ4n) is 3.14. The summed E-state index contributed by atoms with van der Waals surface area (Å²) in [6, 6.07) is 3.29. The molecule has 25 heavy (non-hydrogen) atoms. The lowest BCUT2D eigenvalue weighted by Gasteiger charge is -2.30. The van der Waals surface area contributed by atoms with Gasteiger partial charge in [0.2, 0.25) is 5.91 Å². The third-order valence-corrected chi connectivity index (χ3v) is 4.32. The monoisotopic (exact) mass is 353 g/mol. The Hall–Kier alpha value is -1.78. The Kier molecular flexibility index (Phi) is 7.27. The first-order valence-corrected chi connectivity index (χ1v) is 8.70. The molecule has 1 amide bonds. The first kappa shape index (κ1) is 21.3. The largest absolute Gasteiger partial charge is 0.369 e. The number of ketones is 1. The Labute approximate surface area is 149 Å². The van der Waals surface area contributed by atoms with Crippen LogP contribution in [0.4, 0.5) is 8.78 Å². The van der Waals surface area contributed by atoms with Gasteiger partial charge in [-0.2, -0.15) is 0 Å². The van der Waals surface area contributed by atoms with Crippen molar-refractivity contribution in [1.29, 1.82) is 0 Å². The van der Waals surface area contributed by atoms with Crippen molar-refractivity contribution in [2.24, 2.45) is 28.9 Å². The molecular weight excluding hydrogens is 324 g/mol. The molecule has 0 spiro atoms. The molecule has 0 radical (unpaired) electrons. The van der Waals surface area contributed by atoms with Crippen LogP contribution in [0.1, 0.15) is 53.0 Å². The topological polar surface area (TPSA) is 60.2 Å². The lowest BCUT2D eigenvalue weighted by atomic mass is 9.72. The molecule has 1 aromatic rings. The zero-order chi connectivity index (χ0) is 19.4. The van der Waals surface area contributed by atoms with Gasteiger partial charge in [0, 0.05) is 23.3 Å². The summed E-state index contributed by atoms with van der Waals surface area (Å²) in [7, 11) is 0. The molecule has 0 aliphatic rings. The van der Waals surface area contributed by atoms with Crippen LogP contribution >= 0.6 is 0 Å². The average molecular weight is 353 g/mol. The highest BCUT2D eigenvalue weighted by Gasteiger charge is 2.37. The number of primary amides is 1. The fourth-order valence-corrected chi connectivity index (χ4v) is 3.14. The lowest BCUT2D eigenvalue weighted by molar-refractivity contribution is -0.138. The highest BCUT2D eigenvalue weighted by atomic mass is 19.1. The summed E-state index contributed by atoms with van der Waals surface area (Å²) in [5, 5.41) is 0. The molecule has 5 heteroatoms. The van der Waals surface area contributed by atoms with Crippen LogP contribution in [0.5, 0.6) is 0 Å². The van der Waals surface area contributed by atoms with E-state index in [-0.39, 0.29) is 24.5 Å². The molecule has 0 saturated carbocycles. The van der Waals surface area contributed by atoms with Gasteiger partial charge in [0.15, 0.2) is 0 Å². The van der Waals surface area contributed by atoms with E-state index in [0.29, 0.717) is 12.0 Å². The standard InChI is InChI=1S/C20H29F2NO2/c1-12(2)8-17(18(24)20(3,4)5)16(19(23)25)7-6-13-9-14(21)11-15(22)10-13/h9-12,16-17H,6-8H2,1-5H3,(H2,23,25)/t16-,17+/m0/s1. The Morgan fingerprint density at radius 1 is 1.04 bits per heavy atom. The summed E-state index contributed by atoms with van der Waals surface area (Å²) >= 11 is 0. The number of carbonyl (C=O) groups excluding carboxylic acids is 2. The van der Waals surface area contributed by atoms with Gasteiger partial charge >= 0.3 is 0 Å². The molecule has 2 atom stereocenters. The number of nitrogens with two attached hydrogens (primary N) is 1. The number of benzene rings is 1. The van der Waals surface area contributed by atoms with Crippen LogP contribution in [-0.4, -0.2) is 11.7 Å². The summed E-state index contributed by atoms with van der Waals surface area (Å²) in [5.41, 5.74) is 5.45. The predicted octanol–water partition coefficient (Wildman–Crippen LogP) is 4.28. The number of hydrogen-bond acceptors (Lipinski definition) is 2. The molecular formula is C20H29F2NO2. The van der Waals surface area contributed by atoms with E-state index in [0.717, 1.165) is 6.07 Å². The second-order valence-electron chi connectivity index (χ2n) is 8.18. The minimum Gasteiger partial charge on any atom is -0.369 e. The Morgan fingerprint density at radius 3 is 1.96 bits per heavy atom. The van der Waals surface area contributed by atoms with Gasteiger partial charge in [-0.15, -0.1) is 0 Å². The van der Waals surface area contributed by atoms with Gasteiger partial charge in [0.25, 0.3) is 0 Å². The maximum Gasteiger partial charge on any atom is 0.221 e. The minimum atomic E-state index is -0.657. The average Bonchev–Trinajstić information content (AvgIpc) is 2.42. The van der Waals surface area contributed by atoms with Gasteiger partial charge in [-0.25, -0.2) is 8.78 Å². The van der Waals surface area contributed by atoms with Crippen molar-refractivity contribution in [2.45, 2.75) is 53.9 Å². The molecule has 0 fully saturated rings. The van der Waals surface area contributed by atoms with Crippen molar-refractivity contribution in [1.82, 2.24) is 0 Å². The van der Waals surface area contributed by atoms with E-state index in [1.165, 1.54) is 12.1 Å². The van der Waals surface area contributed by atoms with Crippen LogP contribution in [0.25, 0.3) is 0 Å². The first-order chi connectivity index (χ1) is 11.4. The SMILES string of the molecule is CC(C)C[C@@H](C(=O)C(C)(C)C)[C@H](CCc1cc(F)cc(F)c1)C(N)=O. The smallest absolute Gasteiger partial charge is 0.221 e. The van der Waals surface area contributed by atoms with Gasteiger partial charge in [0.05, 0.1) is 0 Å². The van der Waals surface area contributed by atoms with Crippen molar-refractivity contribution in [3.05, 3.63) is 35.4 Å². The molecule has 1 aromatic carbocycles. The summed E-state index contributed by atoms with van der Waals surface area (Å²) < 4.78 is 26.7. The second-order valence-corrected chi connectivity index (χ2v) is 8.18. The number of Topliss-reactive ketones (excluding diaryl/α,β-unsaturated/α-hetero) is 1. The Morgan fingerprint density at radius 2 is 1.56 bits per heavy atom. The van der Waals surface area contributed by atoms with E-state index in [1.807, 2.05) is 34.6 Å².